The van der Waals surface area contributed by atoms with Gasteiger partial charge in [-0.05, 0) is 55.8 Å². The number of ether oxygens (including phenoxy) is 1. The van der Waals surface area contributed by atoms with E-state index >= 15 is 0 Å². The normalized spacial score (nSPS) is 15.7. The summed E-state index contributed by atoms with van der Waals surface area (Å²) in [5.41, 5.74) is 3.35. The highest BCUT2D eigenvalue weighted by Crippen LogP contribution is 2.51. The van der Waals surface area contributed by atoms with Gasteiger partial charge in [0, 0.05) is 42.5 Å². The molecule has 3 aromatic carbocycles. The lowest BCUT2D eigenvalue weighted by atomic mass is 10.2. The summed E-state index contributed by atoms with van der Waals surface area (Å²) < 4.78 is 5.98. The molecule has 0 amide bonds. The molecule has 34 heavy (non-hydrogen) atoms. The molecule has 0 aromatic heterocycles. The maximum absolute atomic E-state index is 10.6. The van der Waals surface area contributed by atoms with Crippen LogP contribution in [-0.4, -0.2) is 55.9 Å². The monoisotopic (exact) mass is 475 g/mol. The Labute approximate surface area is 206 Å². The molecule has 0 unspecified atom stereocenters. The number of phenolic OH excluding ortho intramolecular Hbond substituents is 1. The molecule has 0 aliphatic carbocycles. The number of nitrogens with zero attached hydrogens (tertiary/aromatic N) is 3. The van der Waals surface area contributed by atoms with Gasteiger partial charge < -0.3 is 19.6 Å². The van der Waals surface area contributed by atoms with Gasteiger partial charge in [0.05, 0.1) is 23.7 Å². The quantitative estimate of drug-likeness (QED) is 0.431. The zero-order valence-corrected chi connectivity index (χ0v) is 20.6. The maximum Gasteiger partial charge on any atom is 0.142 e. The molecule has 5 rings (SSSR count). The van der Waals surface area contributed by atoms with Crippen LogP contribution in [0.1, 0.15) is 19.8 Å². The van der Waals surface area contributed by atoms with Crippen molar-refractivity contribution < 1.29 is 9.84 Å². The largest absolute Gasteiger partial charge is 0.506 e. The van der Waals surface area contributed by atoms with Gasteiger partial charge in [0.2, 0.25) is 0 Å². The maximum atomic E-state index is 10.6. The number of fused-ring (bicyclic) bond motifs is 2. The molecule has 2 heterocycles. The van der Waals surface area contributed by atoms with E-state index in [0.717, 1.165) is 75.0 Å². The summed E-state index contributed by atoms with van der Waals surface area (Å²) in [5.74, 6) is 1.36. The summed E-state index contributed by atoms with van der Waals surface area (Å²) in [6, 6.07) is 22.7. The van der Waals surface area contributed by atoms with Crippen molar-refractivity contribution in [2.75, 3.05) is 55.7 Å². The van der Waals surface area contributed by atoms with Crippen LogP contribution in [0.25, 0.3) is 0 Å². The Morgan fingerprint density at radius 2 is 1.56 bits per heavy atom. The van der Waals surface area contributed by atoms with Crippen molar-refractivity contribution in [2.45, 2.75) is 29.6 Å². The molecule has 178 valence electrons. The van der Waals surface area contributed by atoms with Gasteiger partial charge in [-0.25, -0.2) is 0 Å². The van der Waals surface area contributed by atoms with Crippen molar-refractivity contribution in [1.82, 2.24) is 4.90 Å². The van der Waals surface area contributed by atoms with Crippen molar-refractivity contribution in [3.63, 3.8) is 0 Å². The van der Waals surface area contributed by atoms with Gasteiger partial charge in [-0.2, -0.15) is 0 Å². The van der Waals surface area contributed by atoms with Crippen LogP contribution in [0.15, 0.2) is 76.5 Å². The Bertz CT molecular complexity index is 1110. The Morgan fingerprint density at radius 3 is 2.38 bits per heavy atom. The molecule has 0 atom stereocenters. The van der Waals surface area contributed by atoms with Gasteiger partial charge in [0.25, 0.3) is 0 Å². The molecule has 1 saturated heterocycles. The van der Waals surface area contributed by atoms with E-state index in [2.05, 4.69) is 76.2 Å². The molecular weight excluding hydrogens is 442 g/mol. The second-order valence-corrected chi connectivity index (χ2v) is 9.93. The number of para-hydroxylation sites is 4. The molecule has 3 aromatic rings. The summed E-state index contributed by atoms with van der Waals surface area (Å²) in [5, 5.41) is 10.6. The van der Waals surface area contributed by atoms with Crippen molar-refractivity contribution in [1.29, 1.82) is 0 Å². The summed E-state index contributed by atoms with van der Waals surface area (Å²) in [6.07, 6.45) is 2.06. The van der Waals surface area contributed by atoms with Crippen LogP contribution < -0.4 is 14.5 Å². The van der Waals surface area contributed by atoms with Crippen LogP contribution >= 0.6 is 11.8 Å². The van der Waals surface area contributed by atoms with E-state index < -0.39 is 0 Å². The number of rotatable bonds is 8. The SMILES string of the molecule is CCCOc1ccccc1N1CCN(CCCN2c3ccccc3Sc3cccc(O)c32)CC1. The van der Waals surface area contributed by atoms with Gasteiger partial charge >= 0.3 is 0 Å². The predicted molar refractivity (Wildman–Crippen MR) is 141 cm³/mol. The van der Waals surface area contributed by atoms with Crippen LogP contribution in [0.3, 0.4) is 0 Å². The van der Waals surface area contributed by atoms with E-state index in [4.69, 9.17) is 4.74 Å². The smallest absolute Gasteiger partial charge is 0.142 e. The van der Waals surface area contributed by atoms with Gasteiger partial charge in [0.15, 0.2) is 0 Å². The zero-order chi connectivity index (χ0) is 23.3. The molecule has 2 aliphatic rings. The van der Waals surface area contributed by atoms with E-state index in [0.29, 0.717) is 5.75 Å². The number of anilines is 3. The van der Waals surface area contributed by atoms with Crippen LogP contribution in [0.4, 0.5) is 17.1 Å². The number of phenols is 1. The predicted octanol–water partition coefficient (Wildman–Crippen LogP) is 6.00. The van der Waals surface area contributed by atoms with Crippen LogP contribution in [0, 0.1) is 0 Å². The van der Waals surface area contributed by atoms with Gasteiger partial charge in [-0.1, -0.05) is 49.0 Å². The highest BCUT2D eigenvalue weighted by Gasteiger charge is 2.26. The fourth-order valence-corrected chi connectivity index (χ4v) is 5.94. The third kappa shape index (κ3) is 4.84. The Kier molecular flexibility index (Phi) is 7.16. The Morgan fingerprint density at radius 1 is 0.824 bits per heavy atom. The Hall–Kier alpha value is -2.83. The number of hydrogen-bond donors (Lipinski definition) is 1. The van der Waals surface area contributed by atoms with Crippen molar-refractivity contribution in [3.05, 3.63) is 66.7 Å². The second kappa shape index (κ2) is 10.6. The number of piperazine rings is 1. The zero-order valence-electron chi connectivity index (χ0n) is 19.8. The highest BCUT2D eigenvalue weighted by molar-refractivity contribution is 7.99. The minimum atomic E-state index is 0.358. The molecule has 0 saturated carbocycles. The van der Waals surface area contributed by atoms with Gasteiger partial charge in [-0.15, -0.1) is 0 Å². The van der Waals surface area contributed by atoms with E-state index in [-0.39, 0.29) is 0 Å². The topological polar surface area (TPSA) is 39.2 Å². The summed E-state index contributed by atoms with van der Waals surface area (Å²) >= 11 is 1.74. The van der Waals surface area contributed by atoms with E-state index in [1.165, 1.54) is 16.3 Å². The van der Waals surface area contributed by atoms with Crippen LogP contribution in [0.5, 0.6) is 11.5 Å². The fraction of sp³-hybridized carbons (Fsp3) is 0.357. The molecule has 1 N–H and O–H groups in total. The first-order valence-corrected chi connectivity index (χ1v) is 13.1. The molecule has 0 radical (unpaired) electrons. The van der Waals surface area contributed by atoms with E-state index in [1.807, 2.05) is 6.07 Å². The standard InChI is InChI=1S/C28H33N3O2S/c1-2-21-33-25-12-5-3-9-22(25)30-19-17-29(18-20-30)15-8-16-31-23-10-4-6-13-26(23)34-27-14-7-11-24(32)28(27)31/h3-7,9-14,32H,2,8,15-21H2,1H3. The average Bonchev–Trinajstić information content (AvgIpc) is 2.88. The molecule has 0 spiro atoms. The molecule has 0 bridgehead atoms. The van der Waals surface area contributed by atoms with E-state index in [9.17, 15) is 5.11 Å². The lowest BCUT2D eigenvalue weighted by Gasteiger charge is -2.37. The highest BCUT2D eigenvalue weighted by atomic mass is 32.2. The summed E-state index contributed by atoms with van der Waals surface area (Å²) in [6.45, 7) is 8.97. The summed E-state index contributed by atoms with van der Waals surface area (Å²) in [4.78, 5) is 9.68. The fourth-order valence-electron chi connectivity index (χ4n) is 4.82. The van der Waals surface area contributed by atoms with Crippen molar-refractivity contribution in [3.8, 4) is 11.5 Å². The molecule has 6 heteroatoms. The van der Waals surface area contributed by atoms with Crippen molar-refractivity contribution >= 4 is 28.8 Å². The first kappa shape index (κ1) is 22.9. The minimum absolute atomic E-state index is 0.358. The van der Waals surface area contributed by atoms with Gasteiger partial charge in [0.1, 0.15) is 11.5 Å². The molecule has 2 aliphatic heterocycles. The second-order valence-electron chi connectivity index (χ2n) is 8.84. The number of benzene rings is 3. The van der Waals surface area contributed by atoms with Crippen LogP contribution in [0.2, 0.25) is 0 Å². The number of hydrogen-bond acceptors (Lipinski definition) is 6. The third-order valence-corrected chi connectivity index (χ3v) is 7.63. The Balaban J connectivity index is 1.19. The molecular formula is C28H33N3O2S. The van der Waals surface area contributed by atoms with Crippen molar-refractivity contribution in [2.24, 2.45) is 0 Å². The lowest BCUT2D eigenvalue weighted by Crippen LogP contribution is -2.47. The number of aromatic hydroxyl groups is 1. The first-order chi connectivity index (χ1) is 16.7. The van der Waals surface area contributed by atoms with Crippen LogP contribution in [-0.2, 0) is 0 Å². The average molecular weight is 476 g/mol. The minimum Gasteiger partial charge on any atom is -0.506 e. The third-order valence-electron chi connectivity index (χ3n) is 6.52. The summed E-state index contributed by atoms with van der Waals surface area (Å²) in [7, 11) is 0. The lowest BCUT2D eigenvalue weighted by molar-refractivity contribution is 0.254. The van der Waals surface area contributed by atoms with Gasteiger partial charge in [-0.3, -0.25) is 4.90 Å². The first-order valence-electron chi connectivity index (χ1n) is 12.3. The van der Waals surface area contributed by atoms with E-state index in [1.54, 1.807) is 17.8 Å². The molecule has 5 nitrogen and oxygen atoms in total. The molecule has 1 fully saturated rings.